The van der Waals surface area contributed by atoms with Crippen LogP contribution >= 0.6 is 46.4 Å². The van der Waals surface area contributed by atoms with Gasteiger partial charge >= 0.3 is 0 Å². The molecule has 1 aromatic carbocycles. The van der Waals surface area contributed by atoms with Gasteiger partial charge in [-0.3, -0.25) is 4.79 Å². The second-order valence-electron chi connectivity index (χ2n) is 2.71. The van der Waals surface area contributed by atoms with Crippen molar-refractivity contribution in [2.75, 3.05) is 0 Å². The van der Waals surface area contributed by atoms with Gasteiger partial charge in [0, 0.05) is 5.02 Å². The van der Waals surface area contributed by atoms with Crippen LogP contribution in [-0.2, 0) is 4.79 Å². The average molecular weight is 272 g/mol. The summed E-state index contributed by atoms with van der Waals surface area (Å²) in [7, 11) is 0. The Kier molecular flexibility index (Phi) is 4.08. The number of alkyl halides is 3. The van der Waals surface area contributed by atoms with E-state index < -0.39 is 9.71 Å². The number of benzene rings is 1. The third-order valence-corrected chi connectivity index (χ3v) is 3.31. The molecule has 5 heteroatoms. The first-order chi connectivity index (χ1) is 6.47. The molecule has 0 amide bonds. The van der Waals surface area contributed by atoms with Crippen molar-refractivity contribution in [2.45, 2.75) is 9.71 Å². The van der Waals surface area contributed by atoms with Gasteiger partial charge in [-0.25, -0.2) is 0 Å². The molecule has 0 aromatic heterocycles. The fourth-order valence-corrected chi connectivity index (χ4v) is 1.58. The Morgan fingerprint density at radius 1 is 1.36 bits per heavy atom. The Balaban J connectivity index is 3.00. The van der Waals surface area contributed by atoms with Crippen LogP contribution in [0.25, 0.3) is 0 Å². The summed E-state index contributed by atoms with van der Waals surface area (Å²) in [6.07, 6.45) is 0.398. The van der Waals surface area contributed by atoms with Crippen LogP contribution in [0.1, 0.15) is 10.9 Å². The van der Waals surface area contributed by atoms with E-state index in [-0.39, 0.29) is 0 Å². The summed E-state index contributed by atoms with van der Waals surface area (Å²) in [6.45, 7) is 0. The van der Waals surface area contributed by atoms with Gasteiger partial charge in [-0.05, 0) is 17.7 Å². The summed E-state index contributed by atoms with van der Waals surface area (Å²) in [5.74, 6) is 0. The largest absolute Gasteiger partial charge is 0.300 e. The van der Waals surface area contributed by atoms with Crippen molar-refractivity contribution in [1.82, 2.24) is 0 Å². The number of carbonyl (C=O) groups excluding carboxylic acids is 1. The second kappa shape index (κ2) is 4.71. The van der Waals surface area contributed by atoms with Gasteiger partial charge in [0.1, 0.15) is 0 Å². The SMILES string of the molecule is O=CC(Cl)(Cl)C(Cl)c1cccc(Cl)c1. The quantitative estimate of drug-likeness (QED) is 0.600. The van der Waals surface area contributed by atoms with Crippen LogP contribution in [0.3, 0.4) is 0 Å². The Bertz CT molecular complexity index is 337. The van der Waals surface area contributed by atoms with Crippen molar-refractivity contribution < 1.29 is 4.79 Å². The molecule has 76 valence electrons. The molecule has 1 aromatic rings. The first-order valence-corrected chi connectivity index (χ1v) is 5.28. The van der Waals surface area contributed by atoms with Gasteiger partial charge in [-0.2, -0.15) is 0 Å². The number of hydrogen-bond acceptors (Lipinski definition) is 1. The third-order valence-electron chi connectivity index (χ3n) is 1.64. The molecule has 14 heavy (non-hydrogen) atoms. The Morgan fingerprint density at radius 3 is 2.50 bits per heavy atom. The molecule has 0 saturated carbocycles. The molecular weight excluding hydrogens is 266 g/mol. The summed E-state index contributed by atoms with van der Waals surface area (Å²) in [5, 5.41) is -0.301. The molecule has 0 heterocycles. The van der Waals surface area contributed by atoms with E-state index in [1.54, 1.807) is 24.3 Å². The van der Waals surface area contributed by atoms with E-state index in [0.717, 1.165) is 0 Å². The molecule has 0 fully saturated rings. The van der Waals surface area contributed by atoms with E-state index >= 15 is 0 Å². The van der Waals surface area contributed by atoms with E-state index in [9.17, 15) is 4.79 Å². The number of carbonyl (C=O) groups is 1. The number of halogens is 4. The smallest absolute Gasteiger partial charge is 0.193 e. The van der Waals surface area contributed by atoms with Crippen molar-refractivity contribution in [3.63, 3.8) is 0 Å². The molecule has 1 atom stereocenters. The molecule has 1 unspecified atom stereocenters. The molecule has 0 saturated heterocycles. The highest BCUT2D eigenvalue weighted by atomic mass is 35.5. The van der Waals surface area contributed by atoms with Gasteiger partial charge in [0.25, 0.3) is 0 Å². The van der Waals surface area contributed by atoms with Gasteiger partial charge in [-0.15, -0.1) is 11.6 Å². The molecular formula is C9H6Cl4O. The maximum Gasteiger partial charge on any atom is 0.193 e. The van der Waals surface area contributed by atoms with Crippen LogP contribution < -0.4 is 0 Å². The molecule has 0 radical (unpaired) electrons. The van der Waals surface area contributed by atoms with E-state index in [1.165, 1.54) is 0 Å². The Hall–Kier alpha value is 0.0500. The second-order valence-corrected chi connectivity index (χ2v) is 5.03. The van der Waals surface area contributed by atoms with Crippen LogP contribution in [0.5, 0.6) is 0 Å². The van der Waals surface area contributed by atoms with Crippen molar-refractivity contribution in [2.24, 2.45) is 0 Å². The summed E-state index contributed by atoms with van der Waals surface area (Å²) >= 11 is 23.0. The van der Waals surface area contributed by atoms with E-state index in [4.69, 9.17) is 46.4 Å². The van der Waals surface area contributed by atoms with Crippen molar-refractivity contribution >= 4 is 52.7 Å². The van der Waals surface area contributed by atoms with Gasteiger partial charge in [-0.1, -0.05) is 46.9 Å². The minimum Gasteiger partial charge on any atom is -0.300 e. The first-order valence-electron chi connectivity index (χ1n) is 3.71. The summed E-state index contributed by atoms with van der Waals surface area (Å²) in [6, 6.07) is 6.72. The Morgan fingerprint density at radius 2 is 2.00 bits per heavy atom. The third kappa shape index (κ3) is 2.77. The van der Waals surface area contributed by atoms with Crippen molar-refractivity contribution in [1.29, 1.82) is 0 Å². The predicted molar refractivity (Wildman–Crippen MR) is 60.5 cm³/mol. The lowest BCUT2D eigenvalue weighted by molar-refractivity contribution is -0.108. The molecule has 1 rings (SSSR count). The molecule has 0 aliphatic carbocycles. The van der Waals surface area contributed by atoms with Crippen molar-refractivity contribution in [3.05, 3.63) is 34.9 Å². The van der Waals surface area contributed by atoms with Crippen molar-refractivity contribution in [3.8, 4) is 0 Å². The van der Waals surface area contributed by atoms with Crippen LogP contribution in [0.4, 0.5) is 0 Å². The lowest BCUT2D eigenvalue weighted by Crippen LogP contribution is -2.21. The predicted octanol–water partition coefficient (Wildman–Crippen LogP) is 3.99. The number of rotatable bonds is 3. The maximum absolute atomic E-state index is 10.5. The van der Waals surface area contributed by atoms with Gasteiger partial charge in [0.15, 0.2) is 10.6 Å². The number of hydrogen-bond donors (Lipinski definition) is 0. The molecule has 0 aliphatic rings. The normalized spacial score (nSPS) is 13.7. The van der Waals surface area contributed by atoms with E-state index in [1.807, 2.05) is 0 Å². The number of aldehydes is 1. The van der Waals surface area contributed by atoms with Gasteiger partial charge in [0.2, 0.25) is 0 Å². The average Bonchev–Trinajstić information content (AvgIpc) is 2.16. The molecule has 0 bridgehead atoms. The highest BCUT2D eigenvalue weighted by Crippen LogP contribution is 2.39. The minimum absolute atomic E-state index is 0.398. The fourth-order valence-electron chi connectivity index (χ4n) is 0.946. The summed E-state index contributed by atoms with van der Waals surface area (Å²) in [4.78, 5) is 10.5. The topological polar surface area (TPSA) is 17.1 Å². The minimum atomic E-state index is -1.63. The van der Waals surface area contributed by atoms with E-state index in [2.05, 4.69) is 0 Å². The van der Waals surface area contributed by atoms with Crippen LogP contribution in [0.15, 0.2) is 24.3 Å². The molecule has 0 aliphatic heterocycles. The zero-order valence-electron chi connectivity index (χ0n) is 6.88. The summed E-state index contributed by atoms with van der Waals surface area (Å²) in [5.41, 5.74) is 0.608. The lowest BCUT2D eigenvalue weighted by Gasteiger charge is -2.19. The monoisotopic (exact) mass is 270 g/mol. The fraction of sp³-hybridized carbons (Fsp3) is 0.222. The Labute approximate surface area is 102 Å². The highest BCUT2D eigenvalue weighted by molar-refractivity contribution is 6.59. The molecule has 0 spiro atoms. The van der Waals surface area contributed by atoms with E-state index in [0.29, 0.717) is 16.9 Å². The maximum atomic E-state index is 10.5. The van der Waals surface area contributed by atoms with Gasteiger partial charge in [0.05, 0.1) is 5.38 Å². The highest BCUT2D eigenvalue weighted by Gasteiger charge is 2.34. The van der Waals surface area contributed by atoms with Gasteiger partial charge < -0.3 is 0 Å². The first kappa shape index (κ1) is 12.1. The molecule has 0 N–H and O–H groups in total. The van der Waals surface area contributed by atoms with Crippen LogP contribution in [-0.4, -0.2) is 10.6 Å². The standard InChI is InChI=1S/C9H6Cl4O/c10-7-3-1-2-6(4-7)8(11)9(12,13)5-14/h1-5,8H. The zero-order chi connectivity index (χ0) is 10.8. The summed E-state index contributed by atoms with van der Waals surface area (Å²) < 4.78 is -1.63. The van der Waals surface area contributed by atoms with Crippen LogP contribution in [0, 0.1) is 0 Å². The van der Waals surface area contributed by atoms with Crippen LogP contribution in [0.2, 0.25) is 5.02 Å². The molecule has 1 nitrogen and oxygen atoms in total. The zero-order valence-corrected chi connectivity index (χ0v) is 9.91. The lowest BCUT2D eigenvalue weighted by atomic mass is 10.1.